The number of halogens is 1. The Morgan fingerprint density at radius 1 is 0.917 bits per heavy atom. The van der Waals surface area contributed by atoms with Crippen molar-refractivity contribution in [2.24, 2.45) is 34.5 Å². The summed E-state index contributed by atoms with van der Waals surface area (Å²) in [7, 11) is 0. The van der Waals surface area contributed by atoms with Gasteiger partial charge in [-0.1, -0.05) is 20.8 Å². The zero-order chi connectivity index (χ0) is 16.2. The predicted octanol–water partition coefficient (Wildman–Crippen LogP) is 4.79. The topological polar surface area (TPSA) is 32.3 Å². The Balaban J connectivity index is 0.00000169. The van der Waals surface area contributed by atoms with Crippen LogP contribution >= 0.6 is 12.4 Å². The average Bonchev–Trinajstić information content (AvgIpc) is 2.85. The van der Waals surface area contributed by atoms with Crippen molar-refractivity contribution >= 4 is 12.4 Å². The van der Waals surface area contributed by atoms with Gasteiger partial charge in [0.15, 0.2) is 0 Å². The first kappa shape index (κ1) is 19.0. The zero-order valence-corrected chi connectivity index (χ0v) is 16.7. The van der Waals surface area contributed by atoms with E-state index in [2.05, 4.69) is 26.1 Å². The molecule has 0 aliphatic heterocycles. The molecule has 140 valence electrons. The van der Waals surface area contributed by atoms with Crippen LogP contribution in [0.1, 0.15) is 78.6 Å². The summed E-state index contributed by atoms with van der Waals surface area (Å²) in [6.45, 7) is 8.59. The highest BCUT2D eigenvalue weighted by atomic mass is 35.5. The molecule has 0 spiro atoms. The third kappa shape index (κ3) is 2.67. The molecule has 0 amide bonds. The molecule has 0 aromatic heterocycles. The number of nitrogens with one attached hydrogen (secondary N) is 1. The van der Waals surface area contributed by atoms with Crippen LogP contribution in [-0.4, -0.2) is 23.8 Å². The number of fused-ring (bicyclic) bond motifs is 5. The molecule has 0 aromatic carbocycles. The minimum absolute atomic E-state index is 0. The van der Waals surface area contributed by atoms with Gasteiger partial charge in [0.1, 0.15) is 0 Å². The average molecular weight is 356 g/mol. The van der Waals surface area contributed by atoms with Crippen molar-refractivity contribution in [3.63, 3.8) is 0 Å². The summed E-state index contributed by atoms with van der Waals surface area (Å²) in [6, 6.07) is 0.761. The molecular weight excluding hydrogens is 318 g/mol. The second kappa shape index (κ2) is 6.74. The first-order valence-corrected chi connectivity index (χ1v) is 10.4. The molecule has 4 fully saturated rings. The lowest BCUT2D eigenvalue weighted by atomic mass is 9.45. The van der Waals surface area contributed by atoms with Gasteiger partial charge in [-0.15, -0.1) is 12.4 Å². The first-order chi connectivity index (χ1) is 11.0. The molecule has 0 bridgehead atoms. The van der Waals surface area contributed by atoms with Crippen LogP contribution in [0.4, 0.5) is 0 Å². The normalized spacial score (nSPS) is 53.5. The van der Waals surface area contributed by atoms with Crippen LogP contribution in [0.2, 0.25) is 0 Å². The Bertz CT molecular complexity index is 457. The van der Waals surface area contributed by atoms with Gasteiger partial charge in [0.2, 0.25) is 0 Å². The molecule has 4 aliphatic carbocycles. The molecule has 0 radical (unpaired) electrons. The molecule has 3 heteroatoms. The number of aliphatic hydroxyl groups excluding tert-OH is 1. The SMILES string of the molecule is CCN[C@H]1CC[C@H]2[C@@H]3CC[C@H]4C[C@@H](O)CC[C@]4(C)[C@H]3CC[C@]12C.Cl. The number of hydrogen-bond donors (Lipinski definition) is 2. The fraction of sp³-hybridized carbons (Fsp3) is 1.00. The Morgan fingerprint density at radius 2 is 1.62 bits per heavy atom. The van der Waals surface area contributed by atoms with Gasteiger partial charge < -0.3 is 10.4 Å². The maximum atomic E-state index is 10.1. The van der Waals surface area contributed by atoms with Crippen LogP contribution in [0.15, 0.2) is 0 Å². The summed E-state index contributed by atoms with van der Waals surface area (Å²) in [5.74, 6) is 3.65. The highest BCUT2D eigenvalue weighted by molar-refractivity contribution is 5.85. The van der Waals surface area contributed by atoms with Gasteiger partial charge in [-0.2, -0.15) is 0 Å². The van der Waals surface area contributed by atoms with Crippen molar-refractivity contribution in [3.05, 3.63) is 0 Å². The van der Waals surface area contributed by atoms with Crippen molar-refractivity contribution in [1.29, 1.82) is 0 Å². The van der Waals surface area contributed by atoms with E-state index < -0.39 is 0 Å². The van der Waals surface area contributed by atoms with Crippen molar-refractivity contribution in [2.75, 3.05) is 6.54 Å². The second-order valence-electron chi connectivity index (χ2n) is 9.82. The summed E-state index contributed by atoms with van der Waals surface area (Å²) < 4.78 is 0. The summed E-state index contributed by atoms with van der Waals surface area (Å²) in [5, 5.41) is 14.0. The third-order valence-corrected chi connectivity index (χ3v) is 9.09. The van der Waals surface area contributed by atoms with E-state index in [-0.39, 0.29) is 18.5 Å². The van der Waals surface area contributed by atoms with Gasteiger partial charge in [-0.25, -0.2) is 0 Å². The predicted molar refractivity (Wildman–Crippen MR) is 102 cm³/mol. The molecular formula is C21H38ClNO. The smallest absolute Gasteiger partial charge is 0.0543 e. The molecule has 8 atom stereocenters. The van der Waals surface area contributed by atoms with E-state index in [0.717, 1.165) is 49.1 Å². The fourth-order valence-electron chi connectivity index (χ4n) is 7.82. The van der Waals surface area contributed by atoms with Gasteiger partial charge in [-0.05, 0) is 98.8 Å². The summed E-state index contributed by atoms with van der Waals surface area (Å²) >= 11 is 0. The summed E-state index contributed by atoms with van der Waals surface area (Å²) in [5.41, 5.74) is 1.08. The molecule has 2 N–H and O–H groups in total. The lowest BCUT2D eigenvalue weighted by Gasteiger charge is -2.61. The van der Waals surface area contributed by atoms with E-state index in [4.69, 9.17) is 0 Å². The molecule has 4 rings (SSSR count). The molecule has 24 heavy (non-hydrogen) atoms. The highest BCUT2D eigenvalue weighted by Crippen LogP contribution is 2.66. The second-order valence-corrected chi connectivity index (χ2v) is 9.82. The zero-order valence-electron chi connectivity index (χ0n) is 15.9. The van der Waals surface area contributed by atoms with Crippen LogP contribution in [0, 0.1) is 34.5 Å². The maximum absolute atomic E-state index is 10.1. The van der Waals surface area contributed by atoms with E-state index in [0.29, 0.717) is 10.8 Å². The Labute approximate surface area is 155 Å². The van der Waals surface area contributed by atoms with Gasteiger partial charge in [0.25, 0.3) is 0 Å². The van der Waals surface area contributed by atoms with Crippen LogP contribution in [-0.2, 0) is 0 Å². The number of rotatable bonds is 2. The summed E-state index contributed by atoms with van der Waals surface area (Å²) in [6.07, 6.45) is 12.0. The minimum atomic E-state index is -0.0110. The van der Waals surface area contributed by atoms with E-state index in [1.54, 1.807) is 0 Å². The minimum Gasteiger partial charge on any atom is -0.393 e. The van der Waals surface area contributed by atoms with Crippen molar-refractivity contribution < 1.29 is 5.11 Å². The highest BCUT2D eigenvalue weighted by Gasteiger charge is 2.59. The number of hydrogen-bond acceptors (Lipinski definition) is 2. The number of aliphatic hydroxyl groups is 1. The van der Waals surface area contributed by atoms with E-state index in [1.165, 1.54) is 44.9 Å². The Kier molecular flexibility index (Phi) is 5.33. The molecule has 0 unspecified atom stereocenters. The van der Waals surface area contributed by atoms with Crippen LogP contribution < -0.4 is 5.32 Å². The Morgan fingerprint density at radius 3 is 2.38 bits per heavy atom. The van der Waals surface area contributed by atoms with E-state index >= 15 is 0 Å². The van der Waals surface area contributed by atoms with Crippen LogP contribution in [0.3, 0.4) is 0 Å². The standard InChI is InChI=1S/C21H37NO.ClH/c1-4-22-19-8-7-17-16-6-5-14-13-15(23)9-11-20(14,2)18(16)10-12-21(17,19)3;/h14-19,22-23H,4-13H2,1-3H3;1H/t14-,15-,16-,17-,18-,19-,20-,21-;/m0./s1. The van der Waals surface area contributed by atoms with E-state index in [9.17, 15) is 5.11 Å². The molecule has 2 nitrogen and oxygen atoms in total. The molecule has 0 saturated heterocycles. The molecule has 4 saturated carbocycles. The quantitative estimate of drug-likeness (QED) is 0.746. The van der Waals surface area contributed by atoms with Gasteiger partial charge >= 0.3 is 0 Å². The van der Waals surface area contributed by atoms with Crippen LogP contribution in [0.5, 0.6) is 0 Å². The molecule has 0 heterocycles. The first-order valence-electron chi connectivity index (χ1n) is 10.4. The molecule has 0 aromatic rings. The third-order valence-electron chi connectivity index (χ3n) is 9.09. The lowest BCUT2D eigenvalue weighted by Crippen LogP contribution is -2.55. The van der Waals surface area contributed by atoms with Crippen molar-refractivity contribution in [2.45, 2.75) is 90.7 Å². The monoisotopic (exact) mass is 355 g/mol. The summed E-state index contributed by atoms with van der Waals surface area (Å²) in [4.78, 5) is 0. The molecule has 4 aliphatic rings. The van der Waals surface area contributed by atoms with Crippen LogP contribution in [0.25, 0.3) is 0 Å². The van der Waals surface area contributed by atoms with Crippen molar-refractivity contribution in [1.82, 2.24) is 5.32 Å². The van der Waals surface area contributed by atoms with Gasteiger partial charge in [0.05, 0.1) is 6.10 Å². The van der Waals surface area contributed by atoms with E-state index in [1.807, 2.05) is 0 Å². The lowest BCUT2D eigenvalue weighted by molar-refractivity contribution is -0.123. The van der Waals surface area contributed by atoms with Gasteiger partial charge in [0, 0.05) is 6.04 Å². The Hall–Kier alpha value is 0.210. The maximum Gasteiger partial charge on any atom is 0.0543 e. The van der Waals surface area contributed by atoms with Gasteiger partial charge in [-0.3, -0.25) is 0 Å². The largest absolute Gasteiger partial charge is 0.393 e. The van der Waals surface area contributed by atoms with Crippen molar-refractivity contribution in [3.8, 4) is 0 Å². The fourth-order valence-corrected chi connectivity index (χ4v) is 7.82.